The van der Waals surface area contributed by atoms with E-state index in [1.54, 1.807) is 12.4 Å². The van der Waals surface area contributed by atoms with Gasteiger partial charge in [0, 0.05) is 12.4 Å². The molecule has 0 aliphatic heterocycles. The van der Waals surface area contributed by atoms with Crippen LogP contribution in [-0.4, -0.2) is 20.1 Å². The largest absolute Gasteiger partial charge is 2.00 e. The molecular weight excluding hydrogens is 331 g/mol. The predicted octanol–water partition coefficient (Wildman–Crippen LogP) is 1.66. The van der Waals surface area contributed by atoms with Crippen molar-refractivity contribution in [2.24, 2.45) is 0 Å². The van der Waals surface area contributed by atoms with Crippen molar-refractivity contribution in [1.29, 1.82) is 0 Å². The van der Waals surface area contributed by atoms with Crippen molar-refractivity contribution in [3.63, 3.8) is 0 Å². The molecule has 0 N–H and O–H groups in total. The van der Waals surface area contributed by atoms with Gasteiger partial charge in [-0.05, 0) is 24.3 Å². The Bertz CT molecular complexity index is 470. The molecule has 0 aliphatic carbocycles. The van der Waals surface area contributed by atoms with Crippen molar-refractivity contribution in [3.8, 4) is 11.4 Å². The van der Waals surface area contributed by atoms with E-state index in [1.807, 2.05) is 36.4 Å². The molecule has 114 valence electrons. The van der Waals surface area contributed by atoms with Gasteiger partial charge in [-0.25, -0.2) is 0 Å². The van der Waals surface area contributed by atoms with Gasteiger partial charge in [-0.15, -0.1) is 0 Å². The second kappa shape index (κ2) is 12.2. The second-order valence-electron chi connectivity index (χ2n) is 2.88. The first-order valence-corrected chi connectivity index (χ1v) is 4.89. The van der Waals surface area contributed by atoms with Gasteiger partial charge in [0.05, 0.1) is 21.6 Å². The topological polar surface area (TPSA) is 158 Å². The first-order chi connectivity index (χ1) is 9.43. The SMILES string of the molecule is O=[N+]([O-])[O-].O=[N+]([O-])[O-].[Ni+2].c1ccc(-c2ccccn2)nc1. The zero-order chi connectivity index (χ0) is 15.4. The van der Waals surface area contributed by atoms with Gasteiger partial charge in [0.15, 0.2) is 0 Å². The third-order valence-electron chi connectivity index (χ3n) is 1.59. The van der Waals surface area contributed by atoms with Crippen LogP contribution >= 0.6 is 0 Å². The molecule has 0 radical (unpaired) electrons. The van der Waals surface area contributed by atoms with Crippen molar-refractivity contribution in [1.82, 2.24) is 9.97 Å². The molecule has 21 heavy (non-hydrogen) atoms. The number of rotatable bonds is 1. The molecule has 0 fully saturated rings. The first kappa shape index (κ1) is 20.5. The maximum Gasteiger partial charge on any atom is 2.00 e. The average Bonchev–Trinajstić information content (AvgIpc) is 2.39. The summed E-state index contributed by atoms with van der Waals surface area (Å²) in [6.45, 7) is 0. The second-order valence-corrected chi connectivity index (χ2v) is 2.88. The fourth-order valence-corrected chi connectivity index (χ4v) is 1.03. The third kappa shape index (κ3) is 13.4. The smallest absolute Gasteiger partial charge is 0.356 e. The molecule has 0 aliphatic rings. The van der Waals surface area contributed by atoms with Crippen molar-refractivity contribution < 1.29 is 26.7 Å². The normalized spacial score (nSPS) is 7.81. The number of hydrogen-bond donors (Lipinski definition) is 0. The van der Waals surface area contributed by atoms with E-state index in [9.17, 15) is 0 Å². The van der Waals surface area contributed by atoms with Crippen LogP contribution in [0.2, 0.25) is 0 Å². The molecule has 0 aromatic carbocycles. The average molecular weight is 339 g/mol. The Morgan fingerprint density at radius 3 is 1.19 bits per heavy atom. The summed E-state index contributed by atoms with van der Waals surface area (Å²) >= 11 is 0. The van der Waals surface area contributed by atoms with Gasteiger partial charge < -0.3 is 30.6 Å². The summed E-state index contributed by atoms with van der Waals surface area (Å²) in [6, 6.07) is 11.6. The van der Waals surface area contributed by atoms with Crippen molar-refractivity contribution >= 4 is 0 Å². The van der Waals surface area contributed by atoms with Crippen LogP contribution < -0.4 is 0 Å². The van der Waals surface area contributed by atoms with Gasteiger partial charge >= 0.3 is 16.5 Å². The van der Waals surface area contributed by atoms with Crippen LogP contribution in [0.15, 0.2) is 48.8 Å². The molecule has 2 heterocycles. The van der Waals surface area contributed by atoms with Crippen LogP contribution in [0.5, 0.6) is 0 Å². The Morgan fingerprint density at radius 2 is 1.00 bits per heavy atom. The third-order valence-corrected chi connectivity index (χ3v) is 1.59. The summed E-state index contributed by atoms with van der Waals surface area (Å²) < 4.78 is 0. The molecule has 0 spiro atoms. The number of hydrogen-bond acceptors (Lipinski definition) is 8. The van der Waals surface area contributed by atoms with E-state index in [-0.39, 0.29) is 16.5 Å². The molecule has 2 aromatic rings. The Balaban J connectivity index is 0. The van der Waals surface area contributed by atoms with Crippen molar-refractivity contribution in [3.05, 3.63) is 79.4 Å². The van der Waals surface area contributed by atoms with E-state index in [4.69, 9.17) is 30.6 Å². The van der Waals surface area contributed by atoms with Gasteiger partial charge in [-0.2, -0.15) is 0 Å². The minimum absolute atomic E-state index is 0. The molecule has 0 unspecified atom stereocenters. The Kier molecular flexibility index (Phi) is 12.0. The van der Waals surface area contributed by atoms with Gasteiger partial charge in [0.1, 0.15) is 0 Å². The van der Waals surface area contributed by atoms with E-state index in [0.717, 1.165) is 11.4 Å². The number of pyridine rings is 2. The van der Waals surface area contributed by atoms with Crippen LogP contribution in [0.1, 0.15) is 0 Å². The monoisotopic (exact) mass is 338 g/mol. The molecule has 0 amide bonds. The van der Waals surface area contributed by atoms with Crippen molar-refractivity contribution in [2.45, 2.75) is 0 Å². The van der Waals surface area contributed by atoms with E-state index >= 15 is 0 Å². The molecule has 0 bridgehead atoms. The minimum Gasteiger partial charge on any atom is -0.356 e. The fraction of sp³-hybridized carbons (Fsp3) is 0. The summed E-state index contributed by atoms with van der Waals surface area (Å²) in [5.74, 6) is 0. The predicted molar refractivity (Wildman–Crippen MR) is 68.2 cm³/mol. The molecular formula is C10H8N4NiO6. The number of aromatic nitrogens is 2. The van der Waals surface area contributed by atoms with E-state index in [2.05, 4.69) is 9.97 Å². The van der Waals surface area contributed by atoms with Gasteiger partial charge in [-0.3, -0.25) is 9.97 Å². The quantitative estimate of drug-likeness (QED) is 0.431. The standard InChI is InChI=1S/C10H8N2.2NO3.Ni/c1-3-7-11-9(5-1)10-6-2-4-8-12-10;2*2-1(3)4;/h1-8H;;;/q;2*-1;+2. The van der Waals surface area contributed by atoms with Crippen LogP contribution in [0.4, 0.5) is 0 Å². The Labute approximate surface area is 128 Å². The Hall–Kier alpha value is -2.81. The molecule has 0 saturated carbocycles. The first-order valence-electron chi connectivity index (χ1n) is 4.89. The summed E-state index contributed by atoms with van der Waals surface area (Å²) in [7, 11) is 0. The summed E-state index contributed by atoms with van der Waals surface area (Å²) in [5.41, 5.74) is 1.83. The van der Waals surface area contributed by atoms with Crippen LogP contribution in [-0.2, 0) is 16.5 Å². The fourth-order valence-electron chi connectivity index (χ4n) is 1.03. The number of nitrogens with zero attached hydrogens (tertiary/aromatic N) is 4. The zero-order valence-electron chi connectivity index (χ0n) is 10.2. The Morgan fingerprint density at radius 1 is 0.714 bits per heavy atom. The van der Waals surface area contributed by atoms with E-state index in [0.29, 0.717) is 0 Å². The van der Waals surface area contributed by atoms with Crippen LogP contribution in [0.3, 0.4) is 0 Å². The van der Waals surface area contributed by atoms with E-state index < -0.39 is 10.2 Å². The molecule has 0 atom stereocenters. The molecule has 2 rings (SSSR count). The summed E-state index contributed by atoms with van der Waals surface area (Å²) in [5, 5.41) is 29.5. The van der Waals surface area contributed by atoms with Gasteiger partial charge in [-0.1, -0.05) is 12.1 Å². The van der Waals surface area contributed by atoms with Crippen molar-refractivity contribution in [2.75, 3.05) is 0 Å². The van der Waals surface area contributed by atoms with E-state index in [1.165, 1.54) is 0 Å². The maximum atomic E-state index is 8.25. The summed E-state index contributed by atoms with van der Waals surface area (Å²) in [4.78, 5) is 24.9. The minimum atomic E-state index is -1.75. The van der Waals surface area contributed by atoms with Gasteiger partial charge in [0.25, 0.3) is 0 Å². The summed E-state index contributed by atoms with van der Waals surface area (Å²) in [6.07, 6.45) is 3.54. The molecule has 0 saturated heterocycles. The zero-order valence-corrected chi connectivity index (χ0v) is 11.2. The van der Waals surface area contributed by atoms with Gasteiger partial charge in [0.2, 0.25) is 0 Å². The maximum absolute atomic E-state index is 8.25. The molecule has 10 nitrogen and oxygen atoms in total. The molecule has 2 aromatic heterocycles. The van der Waals surface area contributed by atoms with Crippen LogP contribution in [0, 0.1) is 30.6 Å². The molecule has 11 heteroatoms. The van der Waals surface area contributed by atoms with Crippen LogP contribution in [0.25, 0.3) is 11.4 Å².